The van der Waals surface area contributed by atoms with E-state index in [-0.39, 0.29) is 11.8 Å². The number of carbonyl (C=O) groups excluding carboxylic acids is 1. The van der Waals surface area contributed by atoms with Crippen molar-refractivity contribution in [3.63, 3.8) is 0 Å². The monoisotopic (exact) mass is 484 g/mol. The maximum Gasteiger partial charge on any atom is 0.227 e. The molecule has 0 bridgehead atoms. The van der Waals surface area contributed by atoms with E-state index in [0.717, 1.165) is 78.4 Å². The molecule has 1 saturated heterocycles. The number of ether oxygens (including phenoxy) is 1. The van der Waals surface area contributed by atoms with Crippen LogP contribution in [0.5, 0.6) is 5.75 Å². The summed E-state index contributed by atoms with van der Waals surface area (Å²) >= 11 is 0. The summed E-state index contributed by atoms with van der Waals surface area (Å²) in [6, 6.07) is 19.8. The molecule has 2 fully saturated rings. The Balaban J connectivity index is 0.000000165. The molecule has 1 aliphatic carbocycles. The van der Waals surface area contributed by atoms with Crippen LogP contribution in [0, 0.1) is 5.92 Å². The number of para-hydroxylation sites is 1. The second-order valence-corrected chi connectivity index (χ2v) is 9.30. The molecule has 1 saturated carbocycles. The molecule has 186 valence electrons. The zero-order chi connectivity index (χ0) is 24.9. The van der Waals surface area contributed by atoms with Crippen LogP contribution in [0.25, 0.3) is 22.2 Å². The minimum atomic E-state index is 0.134. The topological polar surface area (TPSA) is 86.4 Å². The summed E-state index contributed by atoms with van der Waals surface area (Å²) in [7, 11) is 3.79. The first kappa shape index (κ1) is 23.8. The zero-order valence-corrected chi connectivity index (χ0v) is 20.8. The van der Waals surface area contributed by atoms with Crippen LogP contribution >= 0.6 is 0 Å². The van der Waals surface area contributed by atoms with Gasteiger partial charge in [-0.15, -0.1) is 0 Å². The van der Waals surface area contributed by atoms with Gasteiger partial charge in [-0.3, -0.25) is 9.89 Å². The van der Waals surface area contributed by atoms with Gasteiger partial charge in [-0.05, 0) is 62.4 Å². The van der Waals surface area contributed by atoms with Crippen LogP contribution in [0.1, 0.15) is 12.8 Å². The van der Waals surface area contributed by atoms with Gasteiger partial charge in [0.25, 0.3) is 0 Å². The Morgan fingerprint density at radius 1 is 1.03 bits per heavy atom. The molecule has 1 aliphatic heterocycles. The van der Waals surface area contributed by atoms with Gasteiger partial charge in [0, 0.05) is 54.9 Å². The molecular weight excluding hydrogens is 452 g/mol. The number of hydrogen-bond acceptors (Lipinski definition) is 6. The number of carbonyl (C=O) groups is 1. The van der Waals surface area contributed by atoms with Gasteiger partial charge in [0.15, 0.2) is 0 Å². The van der Waals surface area contributed by atoms with Crippen molar-refractivity contribution in [3.05, 3.63) is 66.9 Å². The third-order valence-electron chi connectivity index (χ3n) is 6.62. The van der Waals surface area contributed by atoms with Crippen molar-refractivity contribution in [2.24, 2.45) is 5.92 Å². The molecule has 1 amide bonds. The van der Waals surface area contributed by atoms with Crippen molar-refractivity contribution >= 4 is 28.3 Å². The van der Waals surface area contributed by atoms with E-state index < -0.39 is 0 Å². The number of benzene rings is 2. The molecule has 2 aromatic carbocycles. The Hall–Kier alpha value is -3.91. The molecule has 36 heavy (non-hydrogen) atoms. The van der Waals surface area contributed by atoms with Gasteiger partial charge in [-0.2, -0.15) is 5.10 Å². The van der Waals surface area contributed by atoms with Crippen LogP contribution in [0.15, 0.2) is 66.9 Å². The van der Waals surface area contributed by atoms with Gasteiger partial charge in [0.2, 0.25) is 5.91 Å². The third-order valence-corrected chi connectivity index (χ3v) is 6.62. The number of likely N-dealkylation sites (N-methyl/N-ethyl adjacent to an activating group) is 1. The van der Waals surface area contributed by atoms with Gasteiger partial charge in [-0.1, -0.05) is 18.2 Å². The highest BCUT2D eigenvalue weighted by Crippen LogP contribution is 2.30. The molecule has 6 rings (SSSR count). The average Bonchev–Trinajstić information content (AvgIpc) is 3.69. The minimum absolute atomic E-state index is 0.134. The van der Waals surface area contributed by atoms with Crippen molar-refractivity contribution in [3.8, 4) is 17.0 Å². The summed E-state index contributed by atoms with van der Waals surface area (Å²) in [6.45, 7) is 4.21. The Bertz CT molecular complexity index is 1310. The molecule has 0 spiro atoms. The van der Waals surface area contributed by atoms with Crippen LogP contribution < -0.4 is 15.0 Å². The number of fused-ring (bicyclic) bond motifs is 1. The number of amides is 1. The Labute approximate surface area is 211 Å². The Morgan fingerprint density at radius 3 is 2.50 bits per heavy atom. The van der Waals surface area contributed by atoms with Gasteiger partial charge in [0.1, 0.15) is 17.3 Å². The fourth-order valence-corrected chi connectivity index (χ4v) is 4.22. The summed E-state index contributed by atoms with van der Waals surface area (Å²) in [4.78, 5) is 20.6. The number of aromatic nitrogens is 3. The number of methoxy groups -OCH3 is 1. The van der Waals surface area contributed by atoms with Gasteiger partial charge >= 0.3 is 0 Å². The summed E-state index contributed by atoms with van der Waals surface area (Å²) in [6.07, 6.45) is 3.94. The van der Waals surface area contributed by atoms with Crippen molar-refractivity contribution in [2.45, 2.75) is 12.8 Å². The average molecular weight is 485 g/mol. The first-order valence-electron chi connectivity index (χ1n) is 12.4. The van der Waals surface area contributed by atoms with Crippen LogP contribution in [0.3, 0.4) is 0 Å². The van der Waals surface area contributed by atoms with Crippen molar-refractivity contribution in [1.82, 2.24) is 20.1 Å². The number of aromatic amines is 1. The second kappa shape index (κ2) is 10.8. The lowest BCUT2D eigenvalue weighted by atomic mass is 10.1. The maximum absolute atomic E-state index is 11.4. The third kappa shape index (κ3) is 5.66. The van der Waals surface area contributed by atoms with E-state index in [2.05, 4.69) is 55.5 Å². The predicted molar refractivity (Wildman–Crippen MR) is 143 cm³/mol. The quantitative estimate of drug-likeness (QED) is 0.436. The highest BCUT2D eigenvalue weighted by atomic mass is 16.5. The molecule has 2 N–H and O–H groups in total. The van der Waals surface area contributed by atoms with Gasteiger partial charge in [-0.25, -0.2) is 4.98 Å². The maximum atomic E-state index is 11.4. The molecule has 0 radical (unpaired) electrons. The van der Waals surface area contributed by atoms with Gasteiger partial charge in [0.05, 0.1) is 12.6 Å². The smallest absolute Gasteiger partial charge is 0.227 e. The van der Waals surface area contributed by atoms with Crippen LogP contribution in [-0.4, -0.2) is 66.3 Å². The fourth-order valence-electron chi connectivity index (χ4n) is 4.22. The van der Waals surface area contributed by atoms with Crippen LogP contribution in [-0.2, 0) is 4.79 Å². The number of pyridine rings is 1. The van der Waals surface area contributed by atoms with Gasteiger partial charge < -0.3 is 19.9 Å². The standard InChI is InChI=1S/C17H19N5.C11H13NO2/c1-21-8-10-22(11-9-21)16-12-13(6-7-18-16)17-14-4-2-3-5-15(14)19-20-17;1-14-10-6-4-9(5-7-10)12-11(13)8-2-3-8/h2-7,12H,8-11H2,1H3,(H,19,20);4-8H,2-3H2,1H3,(H,12,13). The van der Waals surface area contributed by atoms with E-state index in [1.807, 2.05) is 48.7 Å². The number of H-pyrrole nitrogens is 1. The lowest BCUT2D eigenvalue weighted by Gasteiger charge is -2.33. The van der Waals surface area contributed by atoms with E-state index in [1.165, 1.54) is 0 Å². The van der Waals surface area contributed by atoms with Crippen molar-refractivity contribution in [2.75, 3.05) is 50.6 Å². The number of anilines is 2. The molecular formula is C28H32N6O2. The SMILES string of the molecule is CN1CCN(c2cc(-c3n[nH]c4ccccc34)ccn2)CC1.COc1ccc(NC(=O)C2CC2)cc1. The number of nitrogens with one attached hydrogen (secondary N) is 2. The summed E-state index contributed by atoms with van der Waals surface area (Å²) in [5.41, 5.74) is 4.01. The number of nitrogens with zero attached hydrogens (tertiary/aromatic N) is 4. The van der Waals surface area contributed by atoms with E-state index in [1.54, 1.807) is 7.11 Å². The van der Waals surface area contributed by atoms with Crippen molar-refractivity contribution < 1.29 is 9.53 Å². The molecule has 0 atom stereocenters. The highest BCUT2D eigenvalue weighted by Gasteiger charge is 2.29. The number of piperazine rings is 1. The highest BCUT2D eigenvalue weighted by molar-refractivity contribution is 5.94. The first-order chi connectivity index (χ1) is 17.6. The predicted octanol–water partition coefficient (Wildman–Crippen LogP) is 4.42. The molecule has 8 nitrogen and oxygen atoms in total. The molecule has 3 heterocycles. The number of hydrogen-bond donors (Lipinski definition) is 2. The normalized spacial score (nSPS) is 15.8. The molecule has 8 heteroatoms. The summed E-state index contributed by atoms with van der Waals surface area (Å²) in [5.74, 6) is 2.22. The van der Waals surface area contributed by atoms with Crippen LogP contribution in [0.4, 0.5) is 11.5 Å². The van der Waals surface area contributed by atoms with Crippen LogP contribution in [0.2, 0.25) is 0 Å². The Morgan fingerprint density at radius 2 is 1.78 bits per heavy atom. The number of rotatable bonds is 5. The minimum Gasteiger partial charge on any atom is -0.497 e. The van der Waals surface area contributed by atoms with E-state index in [0.29, 0.717) is 0 Å². The lowest BCUT2D eigenvalue weighted by Crippen LogP contribution is -2.44. The molecule has 4 aromatic rings. The fraction of sp³-hybridized carbons (Fsp3) is 0.321. The first-order valence-corrected chi connectivity index (χ1v) is 12.4. The molecule has 0 unspecified atom stereocenters. The molecule has 2 aromatic heterocycles. The molecule has 2 aliphatic rings. The largest absolute Gasteiger partial charge is 0.497 e. The van der Waals surface area contributed by atoms with Crippen molar-refractivity contribution in [1.29, 1.82) is 0 Å². The van der Waals surface area contributed by atoms with E-state index in [4.69, 9.17) is 4.74 Å². The lowest BCUT2D eigenvalue weighted by molar-refractivity contribution is -0.117. The second-order valence-electron chi connectivity index (χ2n) is 9.30. The zero-order valence-electron chi connectivity index (χ0n) is 20.8. The Kier molecular flexibility index (Phi) is 7.13. The van der Waals surface area contributed by atoms with E-state index >= 15 is 0 Å². The summed E-state index contributed by atoms with van der Waals surface area (Å²) < 4.78 is 5.02. The summed E-state index contributed by atoms with van der Waals surface area (Å²) in [5, 5.41) is 11.6. The van der Waals surface area contributed by atoms with E-state index in [9.17, 15) is 4.79 Å².